The van der Waals surface area contributed by atoms with E-state index >= 15 is 0 Å². The fourth-order valence-electron chi connectivity index (χ4n) is 2.61. The van der Waals surface area contributed by atoms with Gasteiger partial charge in [-0.15, -0.1) is 35.2 Å². The van der Waals surface area contributed by atoms with Gasteiger partial charge in [0.25, 0.3) is 0 Å². The van der Waals surface area contributed by atoms with Crippen LogP contribution in [0.25, 0.3) is 16.3 Å². The van der Waals surface area contributed by atoms with E-state index in [0.29, 0.717) is 0 Å². The predicted molar refractivity (Wildman–Crippen MR) is 110 cm³/mol. The molecule has 5 heteroatoms. The Morgan fingerprint density at radius 3 is 2.14 bits per heavy atom. The number of aliphatic hydroxyl groups is 1. The van der Waals surface area contributed by atoms with E-state index in [4.69, 9.17) is 5.11 Å². The molecule has 0 radical (unpaired) electrons. The fourth-order valence-corrected chi connectivity index (χ4v) is 2.61. The van der Waals surface area contributed by atoms with Crippen LogP contribution in [-0.2, 0) is 21.7 Å². The summed E-state index contributed by atoms with van der Waals surface area (Å²) in [6.07, 6.45) is 5.52. The van der Waals surface area contributed by atoms with Crippen LogP contribution in [-0.4, -0.2) is 37.8 Å². The van der Waals surface area contributed by atoms with E-state index in [9.17, 15) is 0 Å². The first-order valence-electron chi connectivity index (χ1n) is 8.63. The minimum atomic E-state index is 0. The Hall–Kier alpha value is -0.606. The molecule has 1 aliphatic rings. The Balaban J connectivity index is -0.000000624. The van der Waals surface area contributed by atoms with Crippen LogP contribution in [0.5, 0.6) is 0 Å². The Morgan fingerprint density at radius 2 is 1.57 bits per heavy atom. The number of nitrogens with zero attached hydrogens (tertiary/aromatic N) is 1. The van der Waals surface area contributed by atoms with Gasteiger partial charge in [0.15, 0.2) is 0 Å². The zero-order chi connectivity index (χ0) is 18.8. The van der Waals surface area contributed by atoms with Crippen molar-refractivity contribution in [3.63, 3.8) is 0 Å². The summed E-state index contributed by atoms with van der Waals surface area (Å²) in [5.74, 6) is 1.42. The first kappa shape index (κ1) is 32.1. The summed E-state index contributed by atoms with van der Waals surface area (Å²) in [5, 5.41) is 9.45. The van der Waals surface area contributed by atoms with Gasteiger partial charge < -0.3 is 40.7 Å². The minimum Gasteiger partial charge on any atom is -1.00 e. The number of hydrogen-bond acceptors (Lipinski definition) is 2. The van der Waals surface area contributed by atoms with E-state index in [1.165, 1.54) is 33.4 Å². The molecule has 3 rings (SSSR count). The van der Waals surface area contributed by atoms with Crippen molar-refractivity contribution >= 4 is 16.3 Å². The summed E-state index contributed by atoms with van der Waals surface area (Å²) in [7, 11) is 5.22. The van der Waals surface area contributed by atoms with Gasteiger partial charge in [0.2, 0.25) is 0 Å². The molecule has 1 aliphatic carbocycles. The van der Waals surface area contributed by atoms with Gasteiger partial charge in [0.05, 0.1) is 0 Å². The van der Waals surface area contributed by atoms with Crippen LogP contribution in [0.15, 0.2) is 54.1 Å². The van der Waals surface area contributed by atoms with Crippen molar-refractivity contribution in [2.45, 2.75) is 27.2 Å². The van der Waals surface area contributed by atoms with E-state index in [2.05, 4.69) is 94.4 Å². The summed E-state index contributed by atoms with van der Waals surface area (Å²) in [6, 6.07) is 16.4. The molecular formula is C23H31Cl2NOTi. The molecule has 2 aromatic carbocycles. The predicted octanol–water partition coefficient (Wildman–Crippen LogP) is -0.850. The molecule has 0 bridgehead atoms. The van der Waals surface area contributed by atoms with Crippen molar-refractivity contribution in [1.29, 1.82) is 0 Å². The van der Waals surface area contributed by atoms with Crippen molar-refractivity contribution in [1.82, 2.24) is 4.90 Å². The first-order valence-corrected chi connectivity index (χ1v) is 8.63. The maximum atomic E-state index is 7.00. The van der Waals surface area contributed by atoms with Crippen LogP contribution >= 0.6 is 0 Å². The number of allylic oxidation sites excluding steroid dienone is 2. The molecular weight excluding hydrogens is 425 g/mol. The number of fused-ring (bicyclic) bond motifs is 1. The van der Waals surface area contributed by atoms with Crippen LogP contribution < -0.4 is 24.8 Å². The van der Waals surface area contributed by atoms with Crippen molar-refractivity contribution in [2.24, 2.45) is 0 Å². The molecule has 0 aromatic heterocycles. The van der Waals surface area contributed by atoms with Gasteiger partial charge in [0.1, 0.15) is 0 Å². The zero-order valence-corrected chi connectivity index (χ0v) is 20.8. The third-order valence-corrected chi connectivity index (χ3v) is 3.50. The molecule has 2 nitrogen and oxygen atoms in total. The summed E-state index contributed by atoms with van der Waals surface area (Å²) >= 11 is 0. The van der Waals surface area contributed by atoms with Crippen molar-refractivity contribution in [3.8, 4) is 0 Å². The van der Waals surface area contributed by atoms with Crippen LogP contribution in [0.4, 0.5) is 0 Å². The van der Waals surface area contributed by atoms with Crippen molar-refractivity contribution in [2.75, 3.05) is 27.7 Å². The molecule has 0 unspecified atom stereocenters. The smallest absolute Gasteiger partial charge is 1.00 e. The van der Waals surface area contributed by atoms with E-state index in [-0.39, 0.29) is 46.5 Å². The van der Waals surface area contributed by atoms with Crippen LogP contribution in [0, 0.1) is 12.0 Å². The van der Waals surface area contributed by atoms with Gasteiger partial charge >= 0.3 is 21.7 Å². The molecule has 0 spiro atoms. The van der Waals surface area contributed by atoms with Crippen molar-refractivity contribution < 1.29 is 51.6 Å². The van der Waals surface area contributed by atoms with Gasteiger partial charge in [0, 0.05) is 13.7 Å². The van der Waals surface area contributed by atoms with Gasteiger partial charge in [-0.1, -0.05) is 46.9 Å². The molecule has 0 saturated carbocycles. The average Bonchev–Trinajstić information content (AvgIpc) is 3.03. The molecule has 0 atom stereocenters. The number of hydrogen-bond donors (Lipinski definition) is 1. The second kappa shape index (κ2) is 17.3. The second-order valence-corrected chi connectivity index (χ2v) is 6.81. The van der Waals surface area contributed by atoms with E-state index < -0.39 is 0 Å². The number of rotatable bonds is 3. The second-order valence-electron chi connectivity index (χ2n) is 6.81. The van der Waals surface area contributed by atoms with Gasteiger partial charge in [-0.3, -0.25) is 0 Å². The third-order valence-electron chi connectivity index (χ3n) is 3.50. The average molecular weight is 456 g/mol. The standard InChI is InChI=1S/C18H18N.C4H9.CH4O.2ClH.Ti/c1-19(2)13-17-8-5-9-18(17)16-11-10-14-6-3-4-7-15(14)12-16;1-4(2)3;1-2;;;/h3-8,10-11H,9,13H2,1-2H3;1-3H3;2H,1H3;2*1H;/q2*-1;;;;+4/p-2. The van der Waals surface area contributed by atoms with E-state index in [1.807, 2.05) is 0 Å². The number of halogens is 2. The Bertz CT molecular complexity index is 725. The molecule has 28 heavy (non-hydrogen) atoms. The summed E-state index contributed by atoms with van der Waals surface area (Å²) in [4.78, 5) is 2.21. The maximum Gasteiger partial charge on any atom is 4.00 e. The Kier molecular flexibility index (Phi) is 19.8. The largest absolute Gasteiger partial charge is 4.00 e. The van der Waals surface area contributed by atoms with E-state index in [0.717, 1.165) is 20.1 Å². The normalized spacial score (nSPS) is 11.6. The molecule has 1 N–H and O–H groups in total. The number of benzene rings is 2. The fraction of sp³-hybridized carbons (Fsp3) is 0.348. The first-order chi connectivity index (χ1) is 12.0. The topological polar surface area (TPSA) is 23.5 Å². The molecule has 0 saturated heterocycles. The zero-order valence-electron chi connectivity index (χ0n) is 17.7. The number of aliphatic hydroxyl groups excluding tert-OH is 1. The monoisotopic (exact) mass is 455 g/mol. The molecule has 0 fully saturated rings. The number of likely N-dealkylation sites (N-methyl/N-ethyl adjacent to an activating group) is 1. The van der Waals surface area contributed by atoms with E-state index in [1.54, 1.807) is 0 Å². The molecule has 152 valence electrons. The maximum absolute atomic E-state index is 7.00. The Morgan fingerprint density at radius 1 is 1.00 bits per heavy atom. The van der Waals surface area contributed by atoms with Gasteiger partial charge in [-0.2, -0.15) is 20.8 Å². The van der Waals surface area contributed by atoms with Gasteiger partial charge in [-0.25, -0.2) is 0 Å². The van der Waals surface area contributed by atoms with Crippen LogP contribution in [0.2, 0.25) is 0 Å². The quantitative estimate of drug-likeness (QED) is 0.481. The van der Waals surface area contributed by atoms with Crippen molar-refractivity contribution in [3.05, 3.63) is 71.7 Å². The third kappa shape index (κ3) is 10.8. The molecule has 0 aliphatic heterocycles. The molecule has 0 amide bonds. The van der Waals surface area contributed by atoms with Gasteiger partial charge in [-0.05, 0) is 20.5 Å². The van der Waals surface area contributed by atoms with Crippen LogP contribution in [0.3, 0.4) is 0 Å². The summed E-state index contributed by atoms with van der Waals surface area (Å²) < 4.78 is 0. The molecule has 2 aromatic rings. The Labute approximate surface area is 198 Å². The minimum absolute atomic E-state index is 0. The van der Waals surface area contributed by atoms with Crippen LogP contribution in [0.1, 0.15) is 32.8 Å². The molecule has 0 heterocycles. The summed E-state index contributed by atoms with van der Waals surface area (Å²) in [6.45, 7) is 7.24. The summed E-state index contributed by atoms with van der Waals surface area (Å²) in [5.41, 5.74) is 4.07. The SMILES string of the molecule is CN(C)CC1=C(c2[c-]c3ccccc3cc2)CC=C1.CO.C[C-](C)C.[Cl-].[Cl-].[Ti+4].